The molecule has 5 rings (SSSR count). The molecule has 1 aromatic carbocycles. The maximum atomic E-state index is 13.2. The molecule has 0 bridgehead atoms. The maximum Gasteiger partial charge on any atom is 0.262 e. The van der Waals surface area contributed by atoms with Crippen LogP contribution in [0.5, 0.6) is 0 Å². The monoisotopic (exact) mass is 455 g/mol. The third-order valence-electron chi connectivity index (χ3n) is 5.92. The number of nitrogens with one attached hydrogen (secondary N) is 1. The number of rotatable bonds is 6. The molecular formula is C22H22ClN5O2S. The predicted octanol–water partition coefficient (Wildman–Crippen LogP) is 3.69. The van der Waals surface area contributed by atoms with E-state index in [-0.39, 0.29) is 5.56 Å². The van der Waals surface area contributed by atoms with Gasteiger partial charge in [-0.05, 0) is 49.8 Å². The smallest absolute Gasteiger partial charge is 0.262 e. The van der Waals surface area contributed by atoms with E-state index < -0.39 is 0 Å². The zero-order chi connectivity index (χ0) is 21.4. The Hall–Kier alpha value is -2.55. The van der Waals surface area contributed by atoms with Crippen LogP contribution in [0.3, 0.4) is 0 Å². The average molecular weight is 456 g/mol. The van der Waals surface area contributed by atoms with Crippen molar-refractivity contribution in [1.82, 2.24) is 25.2 Å². The highest BCUT2D eigenvalue weighted by atomic mass is 35.5. The summed E-state index contributed by atoms with van der Waals surface area (Å²) in [4.78, 5) is 19.9. The van der Waals surface area contributed by atoms with Crippen molar-refractivity contribution in [2.75, 3.05) is 0 Å². The summed E-state index contributed by atoms with van der Waals surface area (Å²) in [6.45, 7) is 3.08. The van der Waals surface area contributed by atoms with Gasteiger partial charge in [0.1, 0.15) is 16.2 Å². The van der Waals surface area contributed by atoms with Gasteiger partial charge in [0.25, 0.3) is 5.56 Å². The molecule has 31 heavy (non-hydrogen) atoms. The second-order valence-corrected chi connectivity index (χ2v) is 9.38. The fourth-order valence-corrected chi connectivity index (χ4v) is 5.62. The van der Waals surface area contributed by atoms with Crippen molar-refractivity contribution in [1.29, 1.82) is 0 Å². The minimum Gasteiger partial charge on any atom is -0.308 e. The number of benzene rings is 1. The van der Waals surface area contributed by atoms with E-state index in [1.165, 1.54) is 10.4 Å². The van der Waals surface area contributed by atoms with Crippen LogP contribution in [0.15, 0.2) is 40.0 Å². The van der Waals surface area contributed by atoms with Gasteiger partial charge in [0.05, 0.1) is 11.7 Å². The molecule has 0 amide bonds. The molecule has 1 atom stereocenters. The molecule has 1 unspecified atom stereocenters. The molecule has 1 aliphatic carbocycles. The summed E-state index contributed by atoms with van der Waals surface area (Å²) >= 11 is 7.90. The molecule has 3 aromatic heterocycles. The molecule has 3 heterocycles. The molecule has 0 spiro atoms. The Morgan fingerprint density at radius 1 is 1.32 bits per heavy atom. The maximum absolute atomic E-state index is 13.2. The lowest BCUT2D eigenvalue weighted by molar-refractivity contribution is 0.299. The van der Waals surface area contributed by atoms with E-state index in [2.05, 4.69) is 20.6 Å². The number of nitrogens with zero attached hydrogens (tertiary/aromatic N) is 4. The Kier molecular flexibility index (Phi) is 5.60. The highest BCUT2D eigenvalue weighted by Crippen LogP contribution is 2.33. The van der Waals surface area contributed by atoms with E-state index in [4.69, 9.17) is 16.2 Å². The molecule has 7 nitrogen and oxygen atoms in total. The van der Waals surface area contributed by atoms with Gasteiger partial charge in [-0.15, -0.1) is 11.3 Å². The fourth-order valence-electron chi connectivity index (χ4n) is 4.13. The minimum absolute atomic E-state index is 0.0465. The van der Waals surface area contributed by atoms with Crippen LogP contribution in [0, 0.1) is 6.92 Å². The quantitative estimate of drug-likeness (QED) is 0.477. The van der Waals surface area contributed by atoms with Crippen molar-refractivity contribution in [3.63, 3.8) is 0 Å². The van der Waals surface area contributed by atoms with Crippen LogP contribution in [0.2, 0.25) is 5.02 Å². The largest absolute Gasteiger partial charge is 0.308 e. The Morgan fingerprint density at radius 3 is 3.00 bits per heavy atom. The zero-order valence-corrected chi connectivity index (χ0v) is 18.7. The van der Waals surface area contributed by atoms with Gasteiger partial charge in [0.15, 0.2) is 0 Å². The second kappa shape index (κ2) is 8.53. The van der Waals surface area contributed by atoms with Gasteiger partial charge in [-0.25, -0.2) is 9.61 Å². The van der Waals surface area contributed by atoms with Crippen LogP contribution < -0.4 is 10.9 Å². The summed E-state index contributed by atoms with van der Waals surface area (Å²) in [5.74, 6) is 0. The fraction of sp³-hybridized carbons (Fsp3) is 0.364. The van der Waals surface area contributed by atoms with E-state index >= 15 is 0 Å². The van der Waals surface area contributed by atoms with Crippen LogP contribution in [0.1, 0.15) is 33.8 Å². The standard InChI is InChI=1S/C22H22ClN5O2S/c1-13-18(27-30-26-13)11-24-15-6-7-16-19(10-15)31-21-20(16)22(29)28(12-25-21)9-8-14-4-2-3-5-17(14)23/h2-5,12,15,24H,6-11H2,1H3. The van der Waals surface area contributed by atoms with Crippen molar-refractivity contribution in [3.8, 4) is 0 Å². The van der Waals surface area contributed by atoms with Crippen molar-refractivity contribution in [2.45, 2.75) is 51.7 Å². The van der Waals surface area contributed by atoms with E-state index in [1.54, 1.807) is 22.2 Å². The van der Waals surface area contributed by atoms with Gasteiger partial charge in [0, 0.05) is 29.0 Å². The third kappa shape index (κ3) is 4.03. The van der Waals surface area contributed by atoms with Gasteiger partial charge < -0.3 is 5.32 Å². The molecule has 9 heteroatoms. The van der Waals surface area contributed by atoms with Crippen LogP contribution in [-0.2, 0) is 32.4 Å². The van der Waals surface area contributed by atoms with Crippen LogP contribution >= 0.6 is 22.9 Å². The number of fused-ring (bicyclic) bond motifs is 3. The molecule has 0 aliphatic heterocycles. The molecule has 160 valence electrons. The molecule has 1 aliphatic rings. The summed E-state index contributed by atoms with van der Waals surface area (Å²) in [6.07, 6.45) is 5.09. The van der Waals surface area contributed by atoms with E-state index in [9.17, 15) is 4.79 Å². The van der Waals surface area contributed by atoms with Crippen LogP contribution in [0.4, 0.5) is 0 Å². The van der Waals surface area contributed by atoms with Gasteiger partial charge >= 0.3 is 0 Å². The lowest BCUT2D eigenvalue weighted by Crippen LogP contribution is -2.34. The van der Waals surface area contributed by atoms with Gasteiger partial charge in [-0.1, -0.05) is 40.1 Å². The first kappa shape index (κ1) is 20.4. The topological polar surface area (TPSA) is 85.8 Å². The van der Waals surface area contributed by atoms with Crippen molar-refractivity contribution >= 4 is 33.2 Å². The predicted molar refractivity (Wildman–Crippen MR) is 121 cm³/mol. The number of hydrogen-bond donors (Lipinski definition) is 1. The molecule has 0 saturated carbocycles. The Balaban J connectivity index is 1.34. The van der Waals surface area contributed by atoms with Gasteiger partial charge in [-0.2, -0.15) is 0 Å². The SMILES string of the molecule is Cc1nonc1CNC1CCc2c(sc3ncn(CCc4ccccc4Cl)c(=O)c23)C1. The molecule has 1 N–H and O–H groups in total. The second-order valence-electron chi connectivity index (χ2n) is 7.89. The third-order valence-corrected chi connectivity index (χ3v) is 7.45. The molecule has 0 fully saturated rings. The summed E-state index contributed by atoms with van der Waals surface area (Å²) < 4.78 is 6.48. The number of halogens is 1. The number of hydrogen-bond acceptors (Lipinski definition) is 7. The van der Waals surface area contributed by atoms with Gasteiger partial charge in [-0.3, -0.25) is 9.36 Å². The average Bonchev–Trinajstić information content (AvgIpc) is 3.35. The number of aryl methyl sites for hydroxylation is 4. The lowest BCUT2D eigenvalue weighted by Gasteiger charge is -2.23. The molecule has 4 aromatic rings. The molecule has 0 saturated heterocycles. The Bertz CT molecular complexity index is 1290. The Morgan fingerprint density at radius 2 is 2.19 bits per heavy atom. The molecular weight excluding hydrogens is 434 g/mol. The van der Waals surface area contributed by atoms with Crippen molar-refractivity contribution < 1.29 is 4.63 Å². The minimum atomic E-state index is 0.0465. The summed E-state index contributed by atoms with van der Waals surface area (Å²) in [5.41, 5.74) is 3.90. The first-order valence-electron chi connectivity index (χ1n) is 10.3. The van der Waals surface area contributed by atoms with Crippen molar-refractivity contribution in [3.05, 3.63) is 73.4 Å². The summed E-state index contributed by atoms with van der Waals surface area (Å²) in [5, 5.41) is 12.8. The highest BCUT2D eigenvalue weighted by Gasteiger charge is 2.25. The number of thiophene rings is 1. The lowest BCUT2D eigenvalue weighted by atomic mass is 9.93. The van der Waals surface area contributed by atoms with E-state index in [0.29, 0.717) is 25.6 Å². The van der Waals surface area contributed by atoms with E-state index in [0.717, 1.165) is 51.5 Å². The Labute approximate surface area is 188 Å². The first-order chi connectivity index (χ1) is 15.1. The normalized spacial score (nSPS) is 16.0. The first-order valence-corrected chi connectivity index (χ1v) is 11.5. The summed E-state index contributed by atoms with van der Waals surface area (Å²) in [7, 11) is 0. The van der Waals surface area contributed by atoms with Crippen LogP contribution in [-0.4, -0.2) is 25.9 Å². The van der Waals surface area contributed by atoms with Gasteiger partial charge in [0.2, 0.25) is 0 Å². The number of aromatic nitrogens is 4. The zero-order valence-electron chi connectivity index (χ0n) is 17.1. The summed E-state index contributed by atoms with van der Waals surface area (Å²) in [6, 6.07) is 8.08. The van der Waals surface area contributed by atoms with Crippen molar-refractivity contribution in [2.24, 2.45) is 0 Å². The molecule has 0 radical (unpaired) electrons. The van der Waals surface area contributed by atoms with Crippen LogP contribution in [0.25, 0.3) is 10.2 Å². The van der Waals surface area contributed by atoms with E-state index in [1.807, 2.05) is 31.2 Å². The highest BCUT2D eigenvalue weighted by molar-refractivity contribution is 7.18.